The van der Waals surface area contributed by atoms with Crippen LogP contribution in [0, 0.1) is 11.7 Å². The van der Waals surface area contributed by atoms with Gasteiger partial charge in [-0.25, -0.2) is 14.4 Å². The molecule has 1 aliphatic rings. The number of rotatable bonds is 5. The Morgan fingerprint density at radius 1 is 1.25 bits per heavy atom. The third-order valence-corrected chi connectivity index (χ3v) is 6.07. The molecular formula is C22H21ClF4N4O. The normalized spacial score (nSPS) is 19.5. The minimum Gasteiger partial charge on any atom is -0.346 e. The monoisotopic (exact) mass is 468 g/mol. The number of piperidine rings is 1. The summed E-state index contributed by atoms with van der Waals surface area (Å²) in [4.78, 5) is 25.0. The highest BCUT2D eigenvalue weighted by molar-refractivity contribution is 6.30. The molecule has 2 atom stereocenters. The van der Waals surface area contributed by atoms with Gasteiger partial charge < -0.3 is 9.88 Å². The number of halogens is 5. The minimum absolute atomic E-state index is 0.0345. The van der Waals surface area contributed by atoms with Crippen molar-refractivity contribution < 1.29 is 22.4 Å². The van der Waals surface area contributed by atoms with Crippen molar-refractivity contribution in [2.24, 2.45) is 5.92 Å². The SMILES string of the molecule is O=C(CCc1cc(F)cc(Cl)c1)N1CCCC(Cc2ncnc3[nH]ccc23)C1C(F)(F)F. The molecule has 5 nitrogen and oxygen atoms in total. The summed E-state index contributed by atoms with van der Waals surface area (Å²) >= 11 is 5.83. The fourth-order valence-electron chi connectivity index (χ4n) is 4.50. The molecule has 32 heavy (non-hydrogen) atoms. The van der Waals surface area contributed by atoms with Crippen LogP contribution >= 0.6 is 11.6 Å². The van der Waals surface area contributed by atoms with Gasteiger partial charge in [-0.3, -0.25) is 4.79 Å². The van der Waals surface area contributed by atoms with E-state index in [9.17, 15) is 22.4 Å². The number of hydrogen-bond donors (Lipinski definition) is 1. The first-order chi connectivity index (χ1) is 15.2. The molecule has 1 aliphatic heterocycles. The second-order valence-corrected chi connectivity index (χ2v) is 8.45. The molecule has 1 N–H and O–H groups in total. The summed E-state index contributed by atoms with van der Waals surface area (Å²) in [7, 11) is 0. The lowest BCUT2D eigenvalue weighted by Crippen LogP contribution is -2.56. The standard InChI is InChI=1S/C22H21ClF4N4O/c23-15-8-13(9-16(24)11-15)3-4-19(32)31-7-1-2-14(20(31)22(25,26)27)10-18-17-5-6-28-21(17)30-12-29-18/h5-6,8-9,11-12,14,20H,1-4,7,10H2,(H,28,29,30). The number of benzene rings is 1. The van der Waals surface area contributed by atoms with E-state index in [2.05, 4.69) is 15.0 Å². The Kier molecular flexibility index (Phi) is 6.37. The fourth-order valence-corrected chi connectivity index (χ4v) is 4.74. The number of aromatic nitrogens is 3. The third kappa shape index (κ3) is 4.87. The first-order valence-electron chi connectivity index (χ1n) is 10.3. The largest absolute Gasteiger partial charge is 0.409 e. The van der Waals surface area contributed by atoms with Crippen LogP contribution in [0.3, 0.4) is 0 Å². The number of nitrogens with one attached hydrogen (secondary N) is 1. The van der Waals surface area contributed by atoms with Gasteiger partial charge in [0.25, 0.3) is 0 Å². The summed E-state index contributed by atoms with van der Waals surface area (Å²) in [5, 5.41) is 0.861. The summed E-state index contributed by atoms with van der Waals surface area (Å²) in [6.07, 6.45) is -0.740. The van der Waals surface area contributed by atoms with Crippen LogP contribution in [-0.4, -0.2) is 44.5 Å². The van der Waals surface area contributed by atoms with Gasteiger partial charge in [-0.05, 0) is 61.4 Å². The molecule has 1 fully saturated rings. The van der Waals surface area contributed by atoms with Crippen LogP contribution in [0.15, 0.2) is 36.8 Å². The van der Waals surface area contributed by atoms with Crippen LogP contribution in [0.1, 0.15) is 30.5 Å². The molecule has 3 aromatic rings. The van der Waals surface area contributed by atoms with E-state index in [0.717, 1.165) is 11.0 Å². The Balaban J connectivity index is 1.53. The molecule has 2 aromatic heterocycles. The van der Waals surface area contributed by atoms with Crippen molar-refractivity contribution in [2.75, 3.05) is 6.54 Å². The molecule has 1 saturated heterocycles. The Labute approximate surface area is 186 Å². The highest BCUT2D eigenvalue weighted by Gasteiger charge is 2.51. The second-order valence-electron chi connectivity index (χ2n) is 8.02. The van der Waals surface area contributed by atoms with Crippen LogP contribution in [0.25, 0.3) is 11.0 Å². The van der Waals surface area contributed by atoms with Gasteiger partial charge in [0, 0.05) is 29.6 Å². The van der Waals surface area contributed by atoms with Crippen molar-refractivity contribution in [3.05, 3.63) is 58.9 Å². The van der Waals surface area contributed by atoms with Crippen LogP contribution < -0.4 is 0 Å². The predicted octanol–water partition coefficient (Wildman–Crippen LogP) is 5.10. The molecule has 10 heteroatoms. The lowest BCUT2D eigenvalue weighted by atomic mass is 9.84. The number of likely N-dealkylation sites (tertiary alicyclic amines) is 1. The van der Waals surface area contributed by atoms with Gasteiger partial charge >= 0.3 is 6.18 Å². The van der Waals surface area contributed by atoms with Crippen LogP contribution in [0.2, 0.25) is 5.02 Å². The topological polar surface area (TPSA) is 61.9 Å². The van der Waals surface area contributed by atoms with Gasteiger partial charge in [-0.1, -0.05) is 11.6 Å². The molecule has 0 spiro atoms. The molecule has 4 rings (SSSR count). The number of amides is 1. The zero-order valence-corrected chi connectivity index (χ0v) is 17.8. The Bertz CT molecular complexity index is 1100. The van der Waals surface area contributed by atoms with Gasteiger partial charge in [0.1, 0.15) is 23.8 Å². The van der Waals surface area contributed by atoms with Gasteiger partial charge in [0.15, 0.2) is 0 Å². The van der Waals surface area contributed by atoms with Crippen LogP contribution in [-0.2, 0) is 17.6 Å². The lowest BCUT2D eigenvalue weighted by molar-refractivity contribution is -0.208. The molecule has 170 valence electrons. The van der Waals surface area contributed by atoms with Gasteiger partial charge in [0.05, 0.1) is 5.69 Å². The number of H-pyrrole nitrogens is 1. The molecule has 1 aromatic carbocycles. The number of fused-ring (bicyclic) bond motifs is 1. The molecule has 0 bridgehead atoms. The lowest BCUT2D eigenvalue weighted by Gasteiger charge is -2.42. The number of aromatic amines is 1. The zero-order valence-electron chi connectivity index (χ0n) is 17.0. The van der Waals surface area contributed by atoms with E-state index in [0.29, 0.717) is 35.1 Å². The van der Waals surface area contributed by atoms with E-state index in [1.807, 2.05) is 0 Å². The summed E-state index contributed by atoms with van der Waals surface area (Å²) in [5.74, 6) is -1.97. The average Bonchev–Trinajstić information content (AvgIpc) is 3.20. The van der Waals surface area contributed by atoms with Crippen molar-refractivity contribution in [2.45, 2.75) is 44.3 Å². The van der Waals surface area contributed by atoms with E-state index in [4.69, 9.17) is 11.6 Å². The van der Waals surface area contributed by atoms with E-state index in [1.54, 1.807) is 12.3 Å². The van der Waals surface area contributed by atoms with Crippen molar-refractivity contribution in [3.63, 3.8) is 0 Å². The fraction of sp³-hybridized carbons (Fsp3) is 0.409. The summed E-state index contributed by atoms with van der Waals surface area (Å²) in [6.45, 7) is 0.0345. The van der Waals surface area contributed by atoms with Crippen LogP contribution in [0.4, 0.5) is 17.6 Å². The first-order valence-corrected chi connectivity index (χ1v) is 10.7. The first kappa shape index (κ1) is 22.5. The van der Waals surface area contributed by atoms with Crippen molar-refractivity contribution in [1.82, 2.24) is 19.9 Å². The average molecular weight is 469 g/mol. The Morgan fingerprint density at radius 3 is 2.81 bits per heavy atom. The maximum absolute atomic E-state index is 14.1. The zero-order chi connectivity index (χ0) is 22.9. The number of carbonyl (C=O) groups excluding carboxylic acids is 1. The highest BCUT2D eigenvalue weighted by atomic mass is 35.5. The molecule has 0 radical (unpaired) electrons. The highest BCUT2D eigenvalue weighted by Crippen LogP contribution is 2.38. The van der Waals surface area contributed by atoms with E-state index in [1.165, 1.54) is 18.5 Å². The van der Waals surface area contributed by atoms with E-state index < -0.39 is 29.9 Å². The number of carbonyl (C=O) groups is 1. The van der Waals surface area contributed by atoms with Crippen LogP contribution in [0.5, 0.6) is 0 Å². The van der Waals surface area contributed by atoms with E-state index in [-0.39, 0.29) is 30.8 Å². The second kappa shape index (κ2) is 9.05. The summed E-state index contributed by atoms with van der Waals surface area (Å²) < 4.78 is 55.9. The number of nitrogens with zero attached hydrogens (tertiary/aromatic N) is 3. The number of aryl methyl sites for hydroxylation is 1. The molecule has 0 saturated carbocycles. The van der Waals surface area contributed by atoms with Crippen molar-refractivity contribution in [1.29, 1.82) is 0 Å². The Morgan fingerprint density at radius 2 is 2.06 bits per heavy atom. The molecular weight excluding hydrogens is 448 g/mol. The van der Waals surface area contributed by atoms with Gasteiger partial charge in [0.2, 0.25) is 5.91 Å². The Hall–Kier alpha value is -2.68. The maximum atomic E-state index is 14.1. The smallest absolute Gasteiger partial charge is 0.346 e. The summed E-state index contributed by atoms with van der Waals surface area (Å²) in [6, 6.07) is 3.72. The molecule has 0 aliphatic carbocycles. The third-order valence-electron chi connectivity index (χ3n) is 5.85. The van der Waals surface area contributed by atoms with Gasteiger partial charge in [-0.15, -0.1) is 0 Å². The maximum Gasteiger partial charge on any atom is 0.409 e. The predicted molar refractivity (Wildman–Crippen MR) is 112 cm³/mol. The minimum atomic E-state index is -4.58. The quantitative estimate of drug-likeness (QED) is 0.530. The van der Waals surface area contributed by atoms with Crippen molar-refractivity contribution in [3.8, 4) is 0 Å². The molecule has 2 unspecified atom stereocenters. The molecule has 1 amide bonds. The summed E-state index contributed by atoms with van der Waals surface area (Å²) in [5.41, 5.74) is 1.56. The van der Waals surface area contributed by atoms with Gasteiger partial charge in [-0.2, -0.15) is 13.2 Å². The number of hydrogen-bond acceptors (Lipinski definition) is 3. The van der Waals surface area contributed by atoms with E-state index >= 15 is 0 Å². The number of alkyl halides is 3. The molecule has 3 heterocycles. The van der Waals surface area contributed by atoms with Crippen molar-refractivity contribution >= 4 is 28.5 Å².